The smallest absolute Gasteiger partial charge is 0.276 e. The van der Waals surface area contributed by atoms with E-state index in [9.17, 15) is 0 Å². The van der Waals surface area contributed by atoms with Crippen molar-refractivity contribution in [3.05, 3.63) is 11.8 Å². The van der Waals surface area contributed by atoms with E-state index in [1.54, 1.807) is 13.2 Å². The summed E-state index contributed by atoms with van der Waals surface area (Å²) in [6.45, 7) is 1.84. The van der Waals surface area contributed by atoms with Crippen LogP contribution < -0.4 is 9.47 Å². The number of hydrogen-bond acceptors (Lipinski definition) is 4. The molecule has 0 unspecified atom stereocenters. The molecule has 60 valence electrons. The van der Waals surface area contributed by atoms with Gasteiger partial charge in [0.05, 0.1) is 19.9 Å². The van der Waals surface area contributed by atoms with E-state index in [-0.39, 0.29) is 0 Å². The van der Waals surface area contributed by atoms with Gasteiger partial charge in [0.1, 0.15) is 0 Å². The maximum atomic E-state index is 4.99. The van der Waals surface area contributed by atoms with Crippen molar-refractivity contribution < 1.29 is 9.47 Å². The SMILES string of the molecule is COc1cc(C)nnc1OC. The normalized spacial score (nSPS) is 9.36. The Morgan fingerprint density at radius 2 is 1.91 bits per heavy atom. The van der Waals surface area contributed by atoms with Gasteiger partial charge in [-0.2, -0.15) is 5.10 Å². The van der Waals surface area contributed by atoms with Crippen LogP contribution in [-0.2, 0) is 0 Å². The second-order valence-corrected chi connectivity index (χ2v) is 2.06. The van der Waals surface area contributed by atoms with Gasteiger partial charge < -0.3 is 9.47 Å². The van der Waals surface area contributed by atoms with Crippen LogP contribution in [0.1, 0.15) is 5.69 Å². The van der Waals surface area contributed by atoms with Gasteiger partial charge in [-0.25, -0.2) is 0 Å². The van der Waals surface area contributed by atoms with Crippen LogP contribution >= 0.6 is 0 Å². The van der Waals surface area contributed by atoms with E-state index in [1.807, 2.05) is 6.92 Å². The number of hydrogen-bond donors (Lipinski definition) is 0. The van der Waals surface area contributed by atoms with E-state index in [4.69, 9.17) is 9.47 Å². The molecular formula is C7H10N2O2. The maximum Gasteiger partial charge on any atom is 0.276 e. The Morgan fingerprint density at radius 3 is 2.45 bits per heavy atom. The lowest BCUT2D eigenvalue weighted by Crippen LogP contribution is -1.96. The van der Waals surface area contributed by atoms with Crippen molar-refractivity contribution in [1.82, 2.24) is 10.2 Å². The molecule has 1 aromatic rings. The van der Waals surface area contributed by atoms with E-state index in [0.29, 0.717) is 11.6 Å². The predicted molar refractivity (Wildman–Crippen MR) is 39.9 cm³/mol. The van der Waals surface area contributed by atoms with E-state index >= 15 is 0 Å². The van der Waals surface area contributed by atoms with Gasteiger partial charge in [-0.3, -0.25) is 0 Å². The Labute approximate surface area is 65.2 Å². The van der Waals surface area contributed by atoms with Crippen molar-refractivity contribution >= 4 is 0 Å². The number of aryl methyl sites for hydroxylation is 1. The summed E-state index contributed by atoms with van der Waals surface area (Å²) < 4.78 is 9.88. The molecule has 4 nitrogen and oxygen atoms in total. The van der Waals surface area contributed by atoms with Gasteiger partial charge in [0.15, 0.2) is 5.75 Å². The monoisotopic (exact) mass is 154 g/mol. The molecule has 1 aromatic heterocycles. The van der Waals surface area contributed by atoms with Gasteiger partial charge in [-0.1, -0.05) is 0 Å². The first kappa shape index (κ1) is 7.78. The summed E-state index contributed by atoms with van der Waals surface area (Å²) in [6.07, 6.45) is 0. The zero-order valence-corrected chi connectivity index (χ0v) is 6.79. The molecule has 0 aliphatic carbocycles. The number of methoxy groups -OCH3 is 2. The average molecular weight is 154 g/mol. The van der Waals surface area contributed by atoms with Crippen molar-refractivity contribution in [3.63, 3.8) is 0 Å². The third-order valence-electron chi connectivity index (χ3n) is 1.26. The lowest BCUT2D eigenvalue weighted by molar-refractivity contribution is 0.337. The topological polar surface area (TPSA) is 44.2 Å². The molecule has 0 N–H and O–H groups in total. The second kappa shape index (κ2) is 3.18. The maximum absolute atomic E-state index is 4.99. The highest BCUT2D eigenvalue weighted by Crippen LogP contribution is 2.22. The van der Waals surface area contributed by atoms with Crippen molar-refractivity contribution in [2.45, 2.75) is 6.92 Å². The minimum atomic E-state index is 0.415. The average Bonchev–Trinajstić information content (AvgIpc) is 2.04. The van der Waals surface area contributed by atoms with Crippen LogP contribution in [-0.4, -0.2) is 24.4 Å². The third-order valence-corrected chi connectivity index (χ3v) is 1.26. The number of rotatable bonds is 2. The van der Waals surface area contributed by atoms with E-state index in [0.717, 1.165) is 5.69 Å². The van der Waals surface area contributed by atoms with E-state index in [1.165, 1.54) is 7.11 Å². The highest BCUT2D eigenvalue weighted by molar-refractivity contribution is 5.32. The van der Waals surface area contributed by atoms with Gasteiger partial charge in [0.25, 0.3) is 5.88 Å². The summed E-state index contributed by atoms with van der Waals surface area (Å²) in [5.41, 5.74) is 0.808. The summed E-state index contributed by atoms with van der Waals surface area (Å²) in [4.78, 5) is 0. The molecule has 0 amide bonds. The molecule has 0 aliphatic rings. The molecule has 0 saturated carbocycles. The van der Waals surface area contributed by atoms with Crippen LogP contribution in [0.15, 0.2) is 6.07 Å². The fourth-order valence-electron chi connectivity index (χ4n) is 0.742. The summed E-state index contributed by atoms with van der Waals surface area (Å²) in [5.74, 6) is 1.03. The minimum Gasteiger partial charge on any atom is -0.491 e. The molecule has 0 saturated heterocycles. The van der Waals surface area contributed by atoms with Crippen LogP contribution in [0.4, 0.5) is 0 Å². The van der Waals surface area contributed by atoms with Gasteiger partial charge in [0, 0.05) is 6.07 Å². The molecular weight excluding hydrogens is 144 g/mol. The molecule has 4 heteroatoms. The fourth-order valence-corrected chi connectivity index (χ4v) is 0.742. The molecule has 0 fully saturated rings. The Hall–Kier alpha value is -1.32. The molecule has 0 aliphatic heterocycles. The summed E-state index contributed by atoms with van der Waals surface area (Å²) >= 11 is 0. The van der Waals surface area contributed by atoms with Crippen molar-refractivity contribution in [2.75, 3.05) is 14.2 Å². The molecule has 0 bridgehead atoms. The Balaban J connectivity index is 3.06. The minimum absolute atomic E-state index is 0.415. The number of aromatic nitrogens is 2. The first-order valence-corrected chi connectivity index (χ1v) is 3.20. The van der Waals surface area contributed by atoms with Crippen LogP contribution in [0, 0.1) is 6.92 Å². The second-order valence-electron chi connectivity index (χ2n) is 2.06. The quantitative estimate of drug-likeness (QED) is 0.632. The van der Waals surface area contributed by atoms with Crippen molar-refractivity contribution in [2.24, 2.45) is 0 Å². The lowest BCUT2D eigenvalue weighted by Gasteiger charge is -2.04. The predicted octanol–water partition coefficient (Wildman–Crippen LogP) is 0.802. The van der Waals surface area contributed by atoms with Crippen LogP contribution in [0.2, 0.25) is 0 Å². The van der Waals surface area contributed by atoms with Gasteiger partial charge >= 0.3 is 0 Å². The molecule has 1 rings (SSSR count). The molecule has 0 radical (unpaired) electrons. The number of ether oxygens (including phenoxy) is 2. The Kier molecular flexibility index (Phi) is 2.25. The van der Waals surface area contributed by atoms with Gasteiger partial charge in [-0.15, -0.1) is 5.10 Å². The lowest BCUT2D eigenvalue weighted by atomic mass is 10.4. The highest BCUT2D eigenvalue weighted by Gasteiger charge is 2.04. The van der Waals surface area contributed by atoms with E-state index in [2.05, 4.69) is 10.2 Å². The first-order chi connectivity index (χ1) is 5.27. The molecule has 0 spiro atoms. The summed E-state index contributed by atoms with van der Waals surface area (Å²) in [6, 6.07) is 1.77. The van der Waals surface area contributed by atoms with Gasteiger partial charge in [-0.05, 0) is 6.92 Å². The zero-order chi connectivity index (χ0) is 8.27. The third kappa shape index (κ3) is 1.58. The Bertz CT molecular complexity index is 250. The molecule has 11 heavy (non-hydrogen) atoms. The van der Waals surface area contributed by atoms with Crippen molar-refractivity contribution in [3.8, 4) is 11.6 Å². The zero-order valence-electron chi connectivity index (χ0n) is 6.79. The van der Waals surface area contributed by atoms with E-state index < -0.39 is 0 Å². The van der Waals surface area contributed by atoms with Crippen LogP contribution in [0.25, 0.3) is 0 Å². The largest absolute Gasteiger partial charge is 0.491 e. The number of nitrogens with zero attached hydrogens (tertiary/aromatic N) is 2. The summed E-state index contributed by atoms with van der Waals surface area (Å²) in [5, 5.41) is 7.57. The van der Waals surface area contributed by atoms with Crippen LogP contribution in [0.3, 0.4) is 0 Å². The standard InChI is InChI=1S/C7H10N2O2/c1-5-4-6(10-2)7(11-3)9-8-5/h4H,1-3H3. The highest BCUT2D eigenvalue weighted by atomic mass is 16.5. The van der Waals surface area contributed by atoms with Crippen molar-refractivity contribution in [1.29, 1.82) is 0 Å². The Morgan fingerprint density at radius 1 is 1.18 bits per heavy atom. The van der Waals surface area contributed by atoms with Gasteiger partial charge in [0.2, 0.25) is 0 Å². The summed E-state index contributed by atoms with van der Waals surface area (Å²) in [7, 11) is 3.10. The van der Waals surface area contributed by atoms with Crippen LogP contribution in [0.5, 0.6) is 11.6 Å². The molecule has 1 heterocycles. The molecule has 0 atom stereocenters. The first-order valence-electron chi connectivity index (χ1n) is 3.20. The molecule has 0 aromatic carbocycles. The fraction of sp³-hybridized carbons (Fsp3) is 0.429.